The predicted octanol–water partition coefficient (Wildman–Crippen LogP) is 2.85. The number of aliphatic carboxylic acids is 1. The molecule has 20 heavy (non-hydrogen) atoms. The standard InChI is InChI=1S/C15H23NO4/c1-3-11(5-6-14(17)18)7-9-16-15(19)12-8-10-20-13(12)4-2/h8,10-11H,3-7,9H2,1-2H3,(H,16,19)(H,17,18). The minimum absolute atomic E-state index is 0.122. The van der Waals surface area contributed by atoms with Crippen LogP contribution in [-0.4, -0.2) is 23.5 Å². The molecule has 0 spiro atoms. The quantitative estimate of drug-likeness (QED) is 0.729. The van der Waals surface area contributed by atoms with Gasteiger partial charge in [0.2, 0.25) is 0 Å². The van der Waals surface area contributed by atoms with Crippen molar-refractivity contribution in [2.75, 3.05) is 6.54 Å². The maximum absolute atomic E-state index is 12.0. The number of nitrogens with one attached hydrogen (secondary N) is 1. The molecule has 1 rings (SSSR count). The number of hydrogen-bond acceptors (Lipinski definition) is 3. The minimum Gasteiger partial charge on any atom is -0.481 e. The molecule has 1 unspecified atom stereocenters. The highest BCUT2D eigenvalue weighted by Crippen LogP contribution is 2.15. The van der Waals surface area contributed by atoms with Crippen LogP contribution in [0.4, 0.5) is 0 Å². The zero-order chi connectivity index (χ0) is 15.0. The number of rotatable bonds is 9. The molecule has 5 heteroatoms. The molecule has 0 saturated heterocycles. The first kappa shape index (κ1) is 16.3. The van der Waals surface area contributed by atoms with E-state index in [0.29, 0.717) is 36.6 Å². The Kier molecular flexibility index (Phi) is 6.84. The molecular formula is C15H23NO4. The molecule has 0 aliphatic carbocycles. The molecule has 0 saturated carbocycles. The lowest BCUT2D eigenvalue weighted by Gasteiger charge is -2.13. The Morgan fingerprint density at radius 2 is 2.10 bits per heavy atom. The van der Waals surface area contributed by atoms with E-state index >= 15 is 0 Å². The normalized spacial score (nSPS) is 12.1. The van der Waals surface area contributed by atoms with E-state index < -0.39 is 5.97 Å². The van der Waals surface area contributed by atoms with Crippen molar-refractivity contribution in [3.63, 3.8) is 0 Å². The number of carboxylic acid groups (broad SMARTS) is 1. The van der Waals surface area contributed by atoms with Gasteiger partial charge in [-0.1, -0.05) is 20.3 Å². The summed E-state index contributed by atoms with van der Waals surface area (Å²) in [4.78, 5) is 22.5. The molecule has 0 aliphatic heterocycles. The Morgan fingerprint density at radius 3 is 2.70 bits per heavy atom. The first-order valence-electron chi connectivity index (χ1n) is 7.14. The van der Waals surface area contributed by atoms with E-state index in [-0.39, 0.29) is 12.3 Å². The van der Waals surface area contributed by atoms with Crippen molar-refractivity contribution in [2.45, 2.75) is 46.0 Å². The Bertz CT molecular complexity index is 439. The molecule has 0 aromatic carbocycles. The largest absolute Gasteiger partial charge is 0.481 e. The maximum Gasteiger partial charge on any atom is 0.303 e. The Labute approximate surface area is 119 Å². The number of carbonyl (C=O) groups excluding carboxylic acids is 1. The SMILES string of the molecule is CCc1occc1C(=O)NCCC(CC)CCC(=O)O. The van der Waals surface area contributed by atoms with Crippen molar-refractivity contribution in [3.05, 3.63) is 23.7 Å². The third-order valence-electron chi connectivity index (χ3n) is 3.49. The van der Waals surface area contributed by atoms with Crippen LogP contribution in [0.5, 0.6) is 0 Å². The van der Waals surface area contributed by atoms with Crippen molar-refractivity contribution in [1.29, 1.82) is 0 Å². The maximum atomic E-state index is 12.0. The summed E-state index contributed by atoms with van der Waals surface area (Å²) in [7, 11) is 0. The Balaban J connectivity index is 2.35. The van der Waals surface area contributed by atoms with E-state index in [1.165, 1.54) is 6.26 Å². The number of hydrogen-bond donors (Lipinski definition) is 2. The highest BCUT2D eigenvalue weighted by molar-refractivity contribution is 5.95. The topological polar surface area (TPSA) is 79.5 Å². The van der Waals surface area contributed by atoms with Crippen LogP contribution in [0.3, 0.4) is 0 Å². The van der Waals surface area contributed by atoms with Gasteiger partial charge in [-0.15, -0.1) is 0 Å². The van der Waals surface area contributed by atoms with Gasteiger partial charge in [-0.25, -0.2) is 0 Å². The van der Waals surface area contributed by atoms with Gasteiger partial charge in [-0.05, 0) is 24.8 Å². The van der Waals surface area contributed by atoms with E-state index in [9.17, 15) is 9.59 Å². The van der Waals surface area contributed by atoms with Gasteiger partial charge >= 0.3 is 5.97 Å². The van der Waals surface area contributed by atoms with Crippen LogP contribution in [0.1, 0.15) is 55.6 Å². The number of amides is 1. The zero-order valence-electron chi connectivity index (χ0n) is 12.1. The molecule has 0 radical (unpaired) electrons. The van der Waals surface area contributed by atoms with Crippen LogP contribution in [0.2, 0.25) is 0 Å². The van der Waals surface area contributed by atoms with Crippen LogP contribution < -0.4 is 5.32 Å². The number of carboxylic acids is 1. The molecule has 0 bridgehead atoms. The van der Waals surface area contributed by atoms with Crippen LogP contribution in [0.15, 0.2) is 16.7 Å². The van der Waals surface area contributed by atoms with Gasteiger partial charge in [0.1, 0.15) is 5.76 Å². The summed E-state index contributed by atoms with van der Waals surface area (Å²) in [6, 6.07) is 1.68. The van der Waals surface area contributed by atoms with Crippen molar-refractivity contribution in [2.24, 2.45) is 5.92 Å². The molecule has 1 atom stereocenters. The predicted molar refractivity (Wildman–Crippen MR) is 75.7 cm³/mol. The second kappa shape index (κ2) is 8.40. The second-order valence-electron chi connectivity index (χ2n) is 4.86. The summed E-state index contributed by atoms with van der Waals surface area (Å²) in [5.41, 5.74) is 0.589. The average molecular weight is 281 g/mol. The fourth-order valence-corrected chi connectivity index (χ4v) is 2.18. The molecular weight excluding hydrogens is 258 g/mol. The number of carbonyl (C=O) groups is 2. The van der Waals surface area contributed by atoms with E-state index in [0.717, 1.165) is 12.8 Å². The van der Waals surface area contributed by atoms with Gasteiger partial charge in [0.25, 0.3) is 5.91 Å². The summed E-state index contributed by atoms with van der Waals surface area (Å²) in [6.45, 7) is 4.54. The lowest BCUT2D eigenvalue weighted by Crippen LogP contribution is -2.26. The monoisotopic (exact) mass is 281 g/mol. The fourth-order valence-electron chi connectivity index (χ4n) is 2.18. The van der Waals surface area contributed by atoms with Crippen LogP contribution in [0, 0.1) is 5.92 Å². The molecule has 5 nitrogen and oxygen atoms in total. The Hall–Kier alpha value is -1.78. The molecule has 0 fully saturated rings. The van der Waals surface area contributed by atoms with Gasteiger partial charge in [-0.2, -0.15) is 0 Å². The molecule has 1 heterocycles. The van der Waals surface area contributed by atoms with E-state index in [4.69, 9.17) is 9.52 Å². The molecule has 1 aromatic heterocycles. The third-order valence-corrected chi connectivity index (χ3v) is 3.49. The summed E-state index contributed by atoms with van der Waals surface area (Å²) < 4.78 is 5.22. The number of aryl methyl sites for hydroxylation is 1. The summed E-state index contributed by atoms with van der Waals surface area (Å²) >= 11 is 0. The summed E-state index contributed by atoms with van der Waals surface area (Å²) in [5.74, 6) is 0.143. The molecule has 2 N–H and O–H groups in total. The molecule has 112 valence electrons. The highest BCUT2D eigenvalue weighted by Gasteiger charge is 2.14. The molecule has 1 amide bonds. The first-order chi connectivity index (χ1) is 9.58. The van der Waals surface area contributed by atoms with Crippen molar-refractivity contribution in [1.82, 2.24) is 5.32 Å². The second-order valence-corrected chi connectivity index (χ2v) is 4.86. The van der Waals surface area contributed by atoms with Crippen LogP contribution in [0.25, 0.3) is 0 Å². The molecule has 0 aliphatic rings. The van der Waals surface area contributed by atoms with Gasteiger partial charge in [0.15, 0.2) is 0 Å². The summed E-state index contributed by atoms with van der Waals surface area (Å²) in [6.07, 6.45) is 4.78. The lowest BCUT2D eigenvalue weighted by molar-refractivity contribution is -0.137. The van der Waals surface area contributed by atoms with Crippen molar-refractivity contribution in [3.8, 4) is 0 Å². The zero-order valence-corrected chi connectivity index (χ0v) is 12.1. The smallest absolute Gasteiger partial charge is 0.303 e. The van der Waals surface area contributed by atoms with Gasteiger partial charge in [0, 0.05) is 19.4 Å². The minimum atomic E-state index is -0.765. The third kappa shape index (κ3) is 5.07. The van der Waals surface area contributed by atoms with E-state index in [2.05, 4.69) is 5.32 Å². The first-order valence-corrected chi connectivity index (χ1v) is 7.14. The summed E-state index contributed by atoms with van der Waals surface area (Å²) in [5, 5.41) is 11.5. The highest BCUT2D eigenvalue weighted by atomic mass is 16.4. The van der Waals surface area contributed by atoms with Gasteiger partial charge in [-0.3, -0.25) is 9.59 Å². The van der Waals surface area contributed by atoms with E-state index in [1.807, 2.05) is 13.8 Å². The average Bonchev–Trinajstić information content (AvgIpc) is 2.90. The Morgan fingerprint density at radius 1 is 1.35 bits per heavy atom. The van der Waals surface area contributed by atoms with Gasteiger partial charge in [0.05, 0.1) is 11.8 Å². The molecule has 1 aromatic rings. The fraction of sp³-hybridized carbons (Fsp3) is 0.600. The van der Waals surface area contributed by atoms with Crippen molar-refractivity contribution < 1.29 is 19.1 Å². The van der Waals surface area contributed by atoms with Crippen LogP contribution >= 0.6 is 0 Å². The van der Waals surface area contributed by atoms with Crippen molar-refractivity contribution >= 4 is 11.9 Å². The number of furan rings is 1. The van der Waals surface area contributed by atoms with E-state index in [1.54, 1.807) is 6.07 Å². The van der Waals surface area contributed by atoms with Gasteiger partial charge < -0.3 is 14.8 Å². The van der Waals surface area contributed by atoms with Crippen LogP contribution in [-0.2, 0) is 11.2 Å². The lowest BCUT2D eigenvalue weighted by atomic mass is 9.96.